The molecule has 32 heavy (non-hydrogen) atoms. The lowest BCUT2D eigenvalue weighted by atomic mass is 10.2. The molecule has 0 bridgehead atoms. The van der Waals surface area contributed by atoms with Crippen LogP contribution in [0.15, 0.2) is 77.9 Å². The van der Waals surface area contributed by atoms with Crippen molar-refractivity contribution in [1.82, 2.24) is 5.43 Å². The summed E-state index contributed by atoms with van der Waals surface area (Å²) in [5, 5.41) is 26.8. The molecule has 3 aromatic carbocycles. The van der Waals surface area contributed by atoms with Crippen molar-refractivity contribution in [1.29, 1.82) is 0 Å². The maximum Gasteiger partial charge on any atom is 0.275 e. The van der Waals surface area contributed by atoms with Gasteiger partial charge >= 0.3 is 0 Å². The summed E-state index contributed by atoms with van der Waals surface area (Å²) in [7, 11) is 0. The van der Waals surface area contributed by atoms with E-state index in [1.807, 2.05) is 0 Å². The second-order valence-corrected chi connectivity index (χ2v) is 6.43. The maximum absolute atomic E-state index is 12.0. The Balaban J connectivity index is 1.48. The number of nitrogens with zero attached hydrogens (tertiary/aromatic N) is 2. The van der Waals surface area contributed by atoms with Crippen LogP contribution >= 0.6 is 0 Å². The molecule has 0 heterocycles. The van der Waals surface area contributed by atoms with E-state index in [0.717, 1.165) is 0 Å². The van der Waals surface area contributed by atoms with Crippen LogP contribution in [0, 0.1) is 10.1 Å². The van der Waals surface area contributed by atoms with Crippen LogP contribution in [0.5, 0.6) is 11.5 Å². The number of hydrogen-bond acceptors (Lipinski definition) is 7. The highest BCUT2D eigenvalue weighted by Crippen LogP contribution is 2.17. The van der Waals surface area contributed by atoms with E-state index in [4.69, 9.17) is 4.74 Å². The minimum absolute atomic E-state index is 0.108. The van der Waals surface area contributed by atoms with E-state index < -0.39 is 16.7 Å². The first-order valence-electron chi connectivity index (χ1n) is 9.31. The van der Waals surface area contributed by atoms with Crippen molar-refractivity contribution in [2.45, 2.75) is 0 Å². The maximum atomic E-state index is 12.0. The van der Waals surface area contributed by atoms with E-state index >= 15 is 0 Å². The number of hydrogen-bond donors (Lipinski definition) is 3. The van der Waals surface area contributed by atoms with Crippen LogP contribution in [-0.4, -0.2) is 34.7 Å². The molecule has 0 aliphatic heterocycles. The van der Waals surface area contributed by atoms with Gasteiger partial charge < -0.3 is 15.2 Å². The lowest BCUT2D eigenvalue weighted by molar-refractivity contribution is -0.384. The van der Waals surface area contributed by atoms with Gasteiger partial charge in [0.15, 0.2) is 6.61 Å². The molecule has 3 N–H and O–H groups in total. The number of nitro benzene ring substituents is 1. The summed E-state index contributed by atoms with van der Waals surface area (Å²) >= 11 is 0. The number of phenols is 1. The highest BCUT2D eigenvalue weighted by molar-refractivity contribution is 5.97. The number of ether oxygens (including phenoxy) is 1. The molecule has 10 heteroatoms. The average molecular weight is 434 g/mol. The molecule has 0 spiro atoms. The molecular weight excluding hydrogens is 416 g/mol. The number of amides is 2. The van der Waals surface area contributed by atoms with Crippen LogP contribution in [0.3, 0.4) is 0 Å². The van der Waals surface area contributed by atoms with Gasteiger partial charge in [-0.1, -0.05) is 18.2 Å². The van der Waals surface area contributed by atoms with Gasteiger partial charge in [0, 0.05) is 17.8 Å². The summed E-state index contributed by atoms with van der Waals surface area (Å²) < 4.78 is 5.40. The fourth-order valence-corrected chi connectivity index (χ4v) is 2.58. The van der Waals surface area contributed by atoms with Gasteiger partial charge in [0.1, 0.15) is 11.5 Å². The van der Waals surface area contributed by atoms with Crippen LogP contribution in [0.25, 0.3) is 0 Å². The summed E-state index contributed by atoms with van der Waals surface area (Å²) in [4.78, 5) is 34.2. The van der Waals surface area contributed by atoms with Crippen molar-refractivity contribution in [3.63, 3.8) is 0 Å². The van der Waals surface area contributed by atoms with Crippen molar-refractivity contribution in [2.24, 2.45) is 5.10 Å². The second-order valence-electron chi connectivity index (χ2n) is 6.43. The number of nitro groups is 1. The number of carbonyl (C=O) groups is 2. The van der Waals surface area contributed by atoms with Gasteiger partial charge in [-0.3, -0.25) is 19.7 Å². The van der Waals surface area contributed by atoms with Crippen molar-refractivity contribution in [2.75, 3.05) is 11.9 Å². The van der Waals surface area contributed by atoms with Crippen LogP contribution in [0.2, 0.25) is 0 Å². The molecule has 3 rings (SSSR count). The van der Waals surface area contributed by atoms with E-state index in [1.54, 1.807) is 36.4 Å². The molecule has 0 unspecified atom stereocenters. The molecule has 0 saturated heterocycles. The normalized spacial score (nSPS) is 10.5. The van der Waals surface area contributed by atoms with Gasteiger partial charge in [0.25, 0.3) is 17.5 Å². The number of para-hydroxylation sites is 1. The van der Waals surface area contributed by atoms with E-state index in [1.165, 1.54) is 42.6 Å². The number of carbonyl (C=O) groups excluding carboxylic acids is 2. The minimum Gasteiger partial charge on any atom is -0.507 e. The third-order valence-corrected chi connectivity index (χ3v) is 4.12. The van der Waals surface area contributed by atoms with E-state index in [-0.39, 0.29) is 23.6 Å². The SMILES string of the molecule is O=C(COc1ccc(/C=N\NC(=O)c2ccccc2O)cc1)Nc1cccc([N+](=O)[O-])c1. The van der Waals surface area contributed by atoms with Gasteiger partial charge in [-0.2, -0.15) is 5.10 Å². The third kappa shape index (κ3) is 6.13. The molecule has 2 amide bonds. The lowest BCUT2D eigenvalue weighted by Crippen LogP contribution is -2.20. The molecule has 0 atom stereocenters. The highest BCUT2D eigenvalue weighted by atomic mass is 16.6. The van der Waals surface area contributed by atoms with Crippen LogP contribution in [-0.2, 0) is 4.79 Å². The van der Waals surface area contributed by atoms with Crippen molar-refractivity contribution in [3.8, 4) is 11.5 Å². The summed E-state index contributed by atoms with van der Waals surface area (Å²) in [6.07, 6.45) is 1.41. The Morgan fingerprint density at radius 1 is 1.06 bits per heavy atom. The molecule has 0 saturated carbocycles. The molecule has 0 radical (unpaired) electrons. The zero-order valence-corrected chi connectivity index (χ0v) is 16.6. The molecule has 0 fully saturated rings. The zero-order chi connectivity index (χ0) is 22.9. The highest BCUT2D eigenvalue weighted by Gasteiger charge is 2.10. The third-order valence-electron chi connectivity index (χ3n) is 4.12. The molecule has 0 aromatic heterocycles. The van der Waals surface area contributed by atoms with E-state index in [2.05, 4.69) is 15.8 Å². The topological polar surface area (TPSA) is 143 Å². The number of rotatable bonds is 8. The number of phenolic OH excluding ortho intramolecular Hbond substituents is 1. The van der Waals surface area contributed by atoms with Gasteiger partial charge in [-0.05, 0) is 48.0 Å². The number of hydrazone groups is 1. The first-order chi connectivity index (χ1) is 15.4. The summed E-state index contributed by atoms with van der Waals surface area (Å²) in [5.41, 5.74) is 3.26. The monoisotopic (exact) mass is 434 g/mol. The molecular formula is C22H18N4O6. The fraction of sp³-hybridized carbons (Fsp3) is 0.0455. The van der Waals surface area contributed by atoms with Gasteiger partial charge in [-0.25, -0.2) is 5.43 Å². The molecule has 3 aromatic rings. The fourth-order valence-electron chi connectivity index (χ4n) is 2.58. The van der Waals surface area contributed by atoms with Crippen LogP contribution < -0.4 is 15.5 Å². The van der Waals surface area contributed by atoms with Crippen LogP contribution in [0.1, 0.15) is 15.9 Å². The Bertz CT molecular complexity index is 1160. The number of non-ortho nitro benzene ring substituents is 1. The molecule has 0 aliphatic carbocycles. The van der Waals surface area contributed by atoms with Crippen LogP contribution in [0.4, 0.5) is 11.4 Å². The quantitative estimate of drug-likeness (QED) is 0.282. The van der Waals surface area contributed by atoms with Gasteiger partial charge in [0.2, 0.25) is 0 Å². The Morgan fingerprint density at radius 3 is 2.53 bits per heavy atom. The minimum atomic E-state index is -0.548. The zero-order valence-electron chi connectivity index (χ0n) is 16.6. The second kappa shape index (κ2) is 10.3. The molecule has 0 aliphatic rings. The van der Waals surface area contributed by atoms with E-state index in [9.17, 15) is 24.8 Å². The van der Waals surface area contributed by atoms with Gasteiger partial charge in [0.05, 0.1) is 16.7 Å². The number of benzene rings is 3. The Morgan fingerprint density at radius 2 is 1.81 bits per heavy atom. The number of anilines is 1. The average Bonchev–Trinajstić information content (AvgIpc) is 2.79. The molecule has 162 valence electrons. The lowest BCUT2D eigenvalue weighted by Gasteiger charge is -2.07. The Kier molecular flexibility index (Phi) is 7.10. The number of aromatic hydroxyl groups is 1. The summed E-state index contributed by atoms with van der Waals surface area (Å²) in [6, 6.07) is 18.3. The Labute approximate surface area is 182 Å². The summed E-state index contributed by atoms with van der Waals surface area (Å²) in [5.74, 6) is -0.733. The summed E-state index contributed by atoms with van der Waals surface area (Å²) in [6.45, 7) is -0.285. The van der Waals surface area contributed by atoms with E-state index in [0.29, 0.717) is 17.0 Å². The first kappa shape index (κ1) is 22.0. The predicted octanol–water partition coefficient (Wildman–Crippen LogP) is 3.08. The van der Waals surface area contributed by atoms with Crippen molar-refractivity contribution in [3.05, 3.63) is 94.0 Å². The van der Waals surface area contributed by atoms with Crippen molar-refractivity contribution < 1.29 is 24.4 Å². The number of nitrogens with one attached hydrogen (secondary N) is 2. The largest absolute Gasteiger partial charge is 0.507 e. The first-order valence-corrected chi connectivity index (χ1v) is 9.31. The molecule has 10 nitrogen and oxygen atoms in total. The van der Waals surface area contributed by atoms with Gasteiger partial charge in [-0.15, -0.1) is 0 Å². The predicted molar refractivity (Wildman–Crippen MR) is 117 cm³/mol. The Hall–Kier alpha value is -4.73. The standard InChI is InChI=1S/C22H18N4O6/c27-20-7-2-1-6-19(20)22(29)25-23-13-15-8-10-18(11-9-15)32-14-21(28)24-16-4-3-5-17(12-16)26(30)31/h1-13,27H,14H2,(H,24,28)(H,25,29)/b23-13-. The smallest absolute Gasteiger partial charge is 0.275 e. The van der Waals surface area contributed by atoms with Crippen molar-refractivity contribution >= 4 is 29.4 Å².